The van der Waals surface area contributed by atoms with Crippen LogP contribution in [0.3, 0.4) is 0 Å². The van der Waals surface area contributed by atoms with Gasteiger partial charge in [-0.3, -0.25) is 4.79 Å². The van der Waals surface area contributed by atoms with Crippen LogP contribution in [0.15, 0.2) is 0 Å². The van der Waals surface area contributed by atoms with E-state index < -0.39 is 6.09 Å². The summed E-state index contributed by atoms with van der Waals surface area (Å²) in [5, 5.41) is 0. The lowest BCUT2D eigenvalue weighted by atomic mass is 9.88. The van der Waals surface area contributed by atoms with Crippen LogP contribution in [0.2, 0.25) is 0 Å². The second kappa shape index (κ2) is 5.14. The molecule has 0 aromatic carbocycles. The van der Waals surface area contributed by atoms with Crippen molar-refractivity contribution in [2.45, 2.75) is 33.6 Å². The maximum absolute atomic E-state index is 11.5. The van der Waals surface area contributed by atoms with Crippen molar-refractivity contribution in [2.24, 2.45) is 11.8 Å². The lowest BCUT2D eigenvalue weighted by Gasteiger charge is -2.37. The SMILES string of the molecule is CCCCOC(=O)N1CC(C(C)C)C1=O. The van der Waals surface area contributed by atoms with E-state index in [0.717, 1.165) is 12.8 Å². The average molecular weight is 213 g/mol. The summed E-state index contributed by atoms with van der Waals surface area (Å²) in [5.41, 5.74) is 0. The number of hydrogen-bond acceptors (Lipinski definition) is 3. The highest BCUT2D eigenvalue weighted by atomic mass is 16.6. The molecule has 15 heavy (non-hydrogen) atoms. The van der Waals surface area contributed by atoms with Gasteiger partial charge in [0.15, 0.2) is 0 Å². The predicted molar refractivity (Wildman–Crippen MR) is 56.3 cm³/mol. The Morgan fingerprint density at radius 1 is 1.60 bits per heavy atom. The lowest BCUT2D eigenvalue weighted by Crippen LogP contribution is -2.57. The van der Waals surface area contributed by atoms with E-state index in [0.29, 0.717) is 19.1 Å². The van der Waals surface area contributed by atoms with Crippen LogP contribution in [-0.2, 0) is 9.53 Å². The zero-order valence-electron chi connectivity index (χ0n) is 9.66. The van der Waals surface area contributed by atoms with Gasteiger partial charge in [-0.25, -0.2) is 9.69 Å². The molecule has 2 amide bonds. The van der Waals surface area contributed by atoms with Crippen LogP contribution >= 0.6 is 0 Å². The van der Waals surface area contributed by atoms with Crippen molar-refractivity contribution in [1.82, 2.24) is 4.90 Å². The third kappa shape index (κ3) is 2.70. The molecule has 4 heteroatoms. The standard InChI is InChI=1S/C11H19NO3/c1-4-5-6-15-11(14)12-7-9(8(2)3)10(12)13/h8-9H,4-7H2,1-3H3. The van der Waals surface area contributed by atoms with Crippen molar-refractivity contribution in [3.8, 4) is 0 Å². The zero-order chi connectivity index (χ0) is 11.4. The number of rotatable bonds is 4. The maximum Gasteiger partial charge on any atom is 0.416 e. The molecular weight excluding hydrogens is 194 g/mol. The molecule has 4 nitrogen and oxygen atoms in total. The summed E-state index contributed by atoms with van der Waals surface area (Å²) < 4.78 is 4.95. The van der Waals surface area contributed by atoms with Crippen molar-refractivity contribution < 1.29 is 14.3 Å². The van der Waals surface area contributed by atoms with E-state index >= 15 is 0 Å². The van der Waals surface area contributed by atoms with Gasteiger partial charge in [0.2, 0.25) is 5.91 Å². The molecule has 0 saturated carbocycles. The van der Waals surface area contributed by atoms with Gasteiger partial charge in [-0.05, 0) is 12.3 Å². The number of amides is 2. The molecule has 1 fully saturated rings. The molecule has 0 aromatic heterocycles. The Hall–Kier alpha value is -1.06. The van der Waals surface area contributed by atoms with Crippen molar-refractivity contribution >= 4 is 12.0 Å². The highest BCUT2D eigenvalue weighted by molar-refractivity contribution is 5.98. The van der Waals surface area contributed by atoms with Crippen LogP contribution in [-0.4, -0.2) is 30.1 Å². The number of likely N-dealkylation sites (tertiary alicyclic amines) is 1. The molecule has 86 valence electrons. The average Bonchev–Trinajstić information content (AvgIpc) is 2.15. The van der Waals surface area contributed by atoms with Gasteiger partial charge in [0, 0.05) is 6.54 Å². The molecule has 1 saturated heterocycles. The van der Waals surface area contributed by atoms with E-state index in [1.807, 2.05) is 20.8 Å². The molecule has 0 bridgehead atoms. The summed E-state index contributed by atoms with van der Waals surface area (Å²) in [4.78, 5) is 24.1. The van der Waals surface area contributed by atoms with Gasteiger partial charge in [-0.2, -0.15) is 0 Å². The fraction of sp³-hybridized carbons (Fsp3) is 0.818. The minimum atomic E-state index is -0.481. The molecule has 1 heterocycles. The van der Waals surface area contributed by atoms with E-state index in [1.54, 1.807) is 0 Å². The van der Waals surface area contributed by atoms with Gasteiger partial charge in [0.1, 0.15) is 0 Å². The fourth-order valence-corrected chi connectivity index (χ4v) is 1.49. The quantitative estimate of drug-likeness (QED) is 0.530. The molecule has 0 N–H and O–H groups in total. The Kier molecular flexibility index (Phi) is 4.12. The van der Waals surface area contributed by atoms with Crippen LogP contribution in [0.5, 0.6) is 0 Å². The molecule has 0 aromatic rings. The Labute approximate surface area is 90.6 Å². The Morgan fingerprint density at radius 3 is 2.73 bits per heavy atom. The molecule has 1 unspecified atom stereocenters. The van der Waals surface area contributed by atoms with Gasteiger partial charge in [-0.1, -0.05) is 27.2 Å². The minimum Gasteiger partial charge on any atom is -0.449 e. The number of nitrogens with zero attached hydrogens (tertiary/aromatic N) is 1. The van der Waals surface area contributed by atoms with Crippen molar-refractivity contribution in [2.75, 3.05) is 13.2 Å². The zero-order valence-corrected chi connectivity index (χ0v) is 9.66. The number of imide groups is 1. The molecule has 0 spiro atoms. The van der Waals surface area contributed by atoms with E-state index in [4.69, 9.17) is 4.74 Å². The van der Waals surface area contributed by atoms with Gasteiger partial charge in [-0.15, -0.1) is 0 Å². The maximum atomic E-state index is 11.5. The van der Waals surface area contributed by atoms with Gasteiger partial charge in [0.05, 0.1) is 12.5 Å². The first kappa shape index (κ1) is 12.0. The third-order valence-electron chi connectivity index (χ3n) is 2.71. The summed E-state index contributed by atoms with van der Waals surface area (Å²) >= 11 is 0. The van der Waals surface area contributed by atoms with Crippen molar-refractivity contribution in [3.63, 3.8) is 0 Å². The van der Waals surface area contributed by atoms with Crippen molar-refractivity contribution in [3.05, 3.63) is 0 Å². The summed E-state index contributed by atoms with van der Waals surface area (Å²) in [6.45, 7) is 6.93. The first-order chi connectivity index (χ1) is 7.07. The van der Waals surface area contributed by atoms with Crippen LogP contribution in [0.4, 0.5) is 4.79 Å². The Balaban J connectivity index is 2.29. The summed E-state index contributed by atoms with van der Waals surface area (Å²) in [6.07, 6.45) is 1.35. The summed E-state index contributed by atoms with van der Waals surface area (Å²) in [7, 11) is 0. The van der Waals surface area contributed by atoms with E-state index in [2.05, 4.69) is 0 Å². The fourth-order valence-electron chi connectivity index (χ4n) is 1.49. The first-order valence-electron chi connectivity index (χ1n) is 5.56. The smallest absolute Gasteiger partial charge is 0.416 e. The summed E-state index contributed by atoms with van der Waals surface area (Å²) in [5.74, 6) is 0.215. The minimum absolute atomic E-state index is 0.00345. The number of ether oxygens (including phenoxy) is 1. The van der Waals surface area contributed by atoms with Crippen LogP contribution in [0, 0.1) is 11.8 Å². The molecule has 1 aliphatic heterocycles. The van der Waals surface area contributed by atoms with Gasteiger partial charge < -0.3 is 4.74 Å². The molecule has 1 atom stereocenters. The Morgan fingerprint density at radius 2 is 2.27 bits per heavy atom. The molecule has 0 aliphatic carbocycles. The summed E-state index contributed by atoms with van der Waals surface area (Å²) in [6, 6.07) is 0. The second-order valence-corrected chi connectivity index (χ2v) is 4.27. The van der Waals surface area contributed by atoms with E-state index in [9.17, 15) is 9.59 Å². The Bertz CT molecular complexity index is 250. The van der Waals surface area contributed by atoms with Crippen LogP contribution in [0.25, 0.3) is 0 Å². The highest BCUT2D eigenvalue weighted by Crippen LogP contribution is 2.25. The predicted octanol–water partition coefficient (Wildman–Crippen LogP) is 2.04. The van der Waals surface area contributed by atoms with Crippen LogP contribution in [0.1, 0.15) is 33.6 Å². The number of unbranched alkanes of at least 4 members (excludes halogenated alkanes) is 1. The molecule has 1 rings (SSSR count). The number of carbonyl (C=O) groups is 2. The largest absolute Gasteiger partial charge is 0.449 e. The number of β-lactam (4-membered cyclic amide) rings is 1. The van der Waals surface area contributed by atoms with Crippen LogP contribution < -0.4 is 0 Å². The van der Waals surface area contributed by atoms with Gasteiger partial charge in [0.25, 0.3) is 0 Å². The monoisotopic (exact) mass is 213 g/mol. The second-order valence-electron chi connectivity index (χ2n) is 4.27. The number of hydrogen-bond donors (Lipinski definition) is 0. The van der Waals surface area contributed by atoms with E-state index in [-0.39, 0.29) is 11.8 Å². The topological polar surface area (TPSA) is 46.6 Å². The third-order valence-corrected chi connectivity index (χ3v) is 2.71. The van der Waals surface area contributed by atoms with E-state index in [1.165, 1.54) is 4.90 Å². The van der Waals surface area contributed by atoms with Crippen molar-refractivity contribution in [1.29, 1.82) is 0 Å². The molecular formula is C11H19NO3. The first-order valence-corrected chi connectivity index (χ1v) is 5.56. The molecule has 0 radical (unpaired) electrons. The molecule has 1 aliphatic rings. The highest BCUT2D eigenvalue weighted by Gasteiger charge is 2.43. The normalized spacial score (nSPS) is 20.4. The lowest BCUT2D eigenvalue weighted by molar-refractivity contribution is -0.147. The number of carbonyl (C=O) groups excluding carboxylic acids is 2. The van der Waals surface area contributed by atoms with Gasteiger partial charge >= 0.3 is 6.09 Å².